The first-order valence-corrected chi connectivity index (χ1v) is 12.0. The highest BCUT2D eigenvalue weighted by Crippen LogP contribution is 2.57. The van der Waals surface area contributed by atoms with Crippen LogP contribution in [0.25, 0.3) is 0 Å². The monoisotopic (exact) mass is 294 g/mol. The van der Waals surface area contributed by atoms with Crippen molar-refractivity contribution < 1.29 is 0 Å². The normalized spacial score (nSPS) is 26.2. The molecule has 0 amide bonds. The molecule has 0 N–H and O–H groups in total. The zero-order valence-corrected chi connectivity index (χ0v) is 15.6. The smallest absolute Gasteiger partial charge is 0.0595 e. The van der Waals surface area contributed by atoms with Crippen LogP contribution in [0.2, 0.25) is 23.2 Å². The maximum Gasteiger partial charge on any atom is 0.0595 e. The summed E-state index contributed by atoms with van der Waals surface area (Å²) < 4.78 is 0. The van der Waals surface area contributed by atoms with Crippen LogP contribution in [0.4, 0.5) is 0 Å². The SMILES string of the molecule is CCCCCC=CCC1(CC)CCCC[Si]1(CC)CC. The predicted octanol–water partition coefficient (Wildman–Crippen LogP) is 7.34. The average Bonchev–Trinajstić information content (AvgIpc) is 2.51. The van der Waals surface area contributed by atoms with E-state index in [9.17, 15) is 0 Å². The van der Waals surface area contributed by atoms with Gasteiger partial charge in [0.15, 0.2) is 0 Å². The third-order valence-electron chi connectivity index (χ3n) is 6.37. The Morgan fingerprint density at radius 2 is 1.70 bits per heavy atom. The third-order valence-corrected chi connectivity index (χ3v) is 13.4. The zero-order chi connectivity index (χ0) is 14.9. The van der Waals surface area contributed by atoms with E-state index in [4.69, 9.17) is 0 Å². The largest absolute Gasteiger partial charge is 0.0885 e. The fourth-order valence-corrected chi connectivity index (χ4v) is 10.9. The van der Waals surface area contributed by atoms with Gasteiger partial charge in [0.25, 0.3) is 0 Å². The highest BCUT2D eigenvalue weighted by Gasteiger charge is 2.49. The molecule has 0 saturated carbocycles. The van der Waals surface area contributed by atoms with E-state index in [-0.39, 0.29) is 0 Å². The van der Waals surface area contributed by atoms with Crippen LogP contribution in [-0.2, 0) is 0 Å². The molecule has 20 heavy (non-hydrogen) atoms. The Morgan fingerprint density at radius 3 is 2.30 bits per heavy atom. The van der Waals surface area contributed by atoms with Crippen molar-refractivity contribution >= 4 is 8.07 Å². The second-order valence-electron chi connectivity index (χ2n) is 7.00. The van der Waals surface area contributed by atoms with E-state index in [1.807, 2.05) is 0 Å². The first-order chi connectivity index (χ1) is 9.70. The average molecular weight is 295 g/mol. The Labute approximate surface area is 129 Å². The van der Waals surface area contributed by atoms with Gasteiger partial charge in [0.1, 0.15) is 0 Å². The maximum absolute atomic E-state index is 2.57. The first kappa shape index (κ1) is 18.0. The van der Waals surface area contributed by atoms with Gasteiger partial charge in [-0.1, -0.05) is 90.1 Å². The van der Waals surface area contributed by atoms with E-state index < -0.39 is 8.07 Å². The molecule has 1 unspecified atom stereocenters. The molecule has 118 valence electrons. The van der Waals surface area contributed by atoms with E-state index in [0.29, 0.717) is 0 Å². The Hall–Kier alpha value is -0.0431. The van der Waals surface area contributed by atoms with Crippen molar-refractivity contribution in [1.82, 2.24) is 0 Å². The molecule has 0 spiro atoms. The predicted molar refractivity (Wildman–Crippen MR) is 96.3 cm³/mol. The fraction of sp³-hybridized carbons (Fsp3) is 0.895. The minimum Gasteiger partial charge on any atom is -0.0885 e. The summed E-state index contributed by atoms with van der Waals surface area (Å²) in [5.41, 5.74) is 0. The Morgan fingerprint density at radius 1 is 0.950 bits per heavy atom. The van der Waals surface area contributed by atoms with Crippen LogP contribution >= 0.6 is 0 Å². The molecule has 1 fully saturated rings. The molecule has 1 saturated heterocycles. The number of unbranched alkanes of at least 4 members (excludes halogenated alkanes) is 3. The van der Waals surface area contributed by atoms with Crippen LogP contribution in [0.15, 0.2) is 12.2 Å². The second-order valence-corrected chi connectivity index (χ2v) is 12.5. The van der Waals surface area contributed by atoms with Gasteiger partial charge in [-0.05, 0) is 30.7 Å². The molecule has 0 nitrogen and oxygen atoms in total. The lowest BCUT2D eigenvalue weighted by Gasteiger charge is -2.52. The summed E-state index contributed by atoms with van der Waals surface area (Å²) in [7, 11) is -1.04. The van der Waals surface area contributed by atoms with Crippen molar-refractivity contribution in [2.75, 3.05) is 0 Å². The van der Waals surface area contributed by atoms with Crippen LogP contribution in [0.5, 0.6) is 0 Å². The van der Waals surface area contributed by atoms with Crippen molar-refractivity contribution in [2.45, 2.75) is 109 Å². The lowest BCUT2D eigenvalue weighted by Crippen LogP contribution is -2.48. The zero-order valence-electron chi connectivity index (χ0n) is 14.6. The number of rotatable bonds is 9. The molecule has 1 rings (SSSR count). The topological polar surface area (TPSA) is 0 Å². The molecule has 0 aromatic heterocycles. The van der Waals surface area contributed by atoms with E-state index in [1.54, 1.807) is 6.04 Å². The van der Waals surface area contributed by atoms with Gasteiger partial charge in [0, 0.05) is 0 Å². The summed E-state index contributed by atoms with van der Waals surface area (Å²) >= 11 is 0. The van der Waals surface area contributed by atoms with Gasteiger partial charge in [0.05, 0.1) is 8.07 Å². The molecule has 1 heteroatoms. The van der Waals surface area contributed by atoms with Gasteiger partial charge in [-0.2, -0.15) is 0 Å². The minimum atomic E-state index is -1.04. The highest BCUT2D eigenvalue weighted by atomic mass is 28.3. The van der Waals surface area contributed by atoms with E-state index in [0.717, 1.165) is 5.04 Å². The lowest BCUT2D eigenvalue weighted by atomic mass is 9.93. The molecule has 0 bridgehead atoms. The van der Waals surface area contributed by atoms with Crippen molar-refractivity contribution in [3.8, 4) is 0 Å². The van der Waals surface area contributed by atoms with Gasteiger partial charge in [0.2, 0.25) is 0 Å². The summed E-state index contributed by atoms with van der Waals surface area (Å²) in [5, 5.41) is 0.732. The van der Waals surface area contributed by atoms with Crippen molar-refractivity contribution in [3.05, 3.63) is 12.2 Å². The fourth-order valence-electron chi connectivity index (χ4n) is 4.76. The number of hydrogen-bond acceptors (Lipinski definition) is 0. The summed E-state index contributed by atoms with van der Waals surface area (Å²) in [4.78, 5) is 0. The lowest BCUT2D eigenvalue weighted by molar-refractivity contribution is 0.423. The number of allylic oxidation sites excluding steroid dienone is 2. The standard InChI is InChI=1S/C19H38Si/c1-5-9-10-11-12-13-16-19(6-2)17-14-15-18-20(19,7-3)8-4/h12-13H,5-11,14-18H2,1-4H3. The van der Waals surface area contributed by atoms with Crippen LogP contribution < -0.4 is 0 Å². The molecule has 0 aliphatic carbocycles. The summed E-state index contributed by atoms with van der Waals surface area (Å²) in [6.07, 6.45) is 17.9. The van der Waals surface area contributed by atoms with Crippen LogP contribution in [0.3, 0.4) is 0 Å². The molecule has 0 radical (unpaired) electrons. The van der Waals surface area contributed by atoms with Crippen molar-refractivity contribution in [1.29, 1.82) is 0 Å². The van der Waals surface area contributed by atoms with Gasteiger partial charge in [-0.25, -0.2) is 0 Å². The highest BCUT2D eigenvalue weighted by molar-refractivity contribution is 6.82. The summed E-state index contributed by atoms with van der Waals surface area (Å²) in [5.74, 6) is 0. The van der Waals surface area contributed by atoms with Gasteiger partial charge >= 0.3 is 0 Å². The second kappa shape index (κ2) is 9.07. The Bertz CT molecular complexity index is 277. The van der Waals surface area contributed by atoms with Crippen molar-refractivity contribution in [2.24, 2.45) is 0 Å². The molecule has 0 aromatic rings. The van der Waals surface area contributed by atoms with Crippen LogP contribution in [0.1, 0.15) is 85.5 Å². The van der Waals surface area contributed by atoms with Gasteiger partial charge < -0.3 is 0 Å². The quantitative estimate of drug-likeness (QED) is 0.237. The Kier molecular flexibility index (Phi) is 8.17. The molecule has 1 heterocycles. The molecular weight excluding hydrogens is 256 g/mol. The summed E-state index contributed by atoms with van der Waals surface area (Å²) in [6, 6.07) is 4.64. The van der Waals surface area contributed by atoms with E-state index in [1.165, 1.54) is 69.9 Å². The minimum absolute atomic E-state index is 0.732. The van der Waals surface area contributed by atoms with Crippen molar-refractivity contribution in [3.63, 3.8) is 0 Å². The van der Waals surface area contributed by atoms with E-state index in [2.05, 4.69) is 39.8 Å². The van der Waals surface area contributed by atoms with E-state index >= 15 is 0 Å². The molecular formula is C19H38Si. The molecule has 0 aromatic carbocycles. The van der Waals surface area contributed by atoms with Gasteiger partial charge in [-0.15, -0.1) is 0 Å². The van der Waals surface area contributed by atoms with Gasteiger partial charge in [-0.3, -0.25) is 0 Å². The Balaban J connectivity index is 2.67. The summed E-state index contributed by atoms with van der Waals surface area (Å²) in [6.45, 7) is 9.76. The molecule has 1 aliphatic rings. The van der Waals surface area contributed by atoms with Crippen LogP contribution in [-0.4, -0.2) is 8.07 Å². The van der Waals surface area contributed by atoms with Crippen LogP contribution in [0, 0.1) is 0 Å². The molecule has 1 aliphatic heterocycles. The molecule has 1 atom stereocenters. The third kappa shape index (κ3) is 3.99. The maximum atomic E-state index is 2.57. The number of hydrogen-bond donors (Lipinski definition) is 0. The first-order valence-electron chi connectivity index (χ1n) is 9.35.